The Labute approximate surface area is 312 Å². The molecule has 0 radical (unpaired) electrons. The third-order valence-electron chi connectivity index (χ3n) is 11.0. The number of hydrogen-bond acceptors (Lipinski definition) is 7. The molecule has 7 rings (SSSR count). The Kier molecular flexibility index (Phi) is 10.8. The highest BCUT2D eigenvalue weighted by Gasteiger charge is 2.52. The average Bonchev–Trinajstić information content (AvgIpc) is 3.78. The minimum atomic E-state index is -2.61. The van der Waals surface area contributed by atoms with Crippen molar-refractivity contribution in [2.24, 2.45) is 0 Å². The average molecular weight is 733 g/mol. The van der Waals surface area contributed by atoms with Crippen molar-refractivity contribution in [2.45, 2.75) is 89.6 Å². The molecule has 5 aromatic rings. The van der Waals surface area contributed by atoms with Crippen LogP contribution < -0.4 is 15.3 Å². The number of nitrogens with zero attached hydrogens (tertiary/aromatic N) is 6. The molecule has 2 aliphatic heterocycles. The molecule has 2 aromatic carbocycles. The molecule has 274 valence electrons. The smallest absolute Gasteiger partial charge is 0.261 e. The SMILES string of the molecule is CC(C)(C)[Si](OC1CCN([C@H]2CCCN(c3ccnc4c3c(-c3cncnc3)cn4COCC[Si](C)(C)C)C2)C1)(c1ccccc1)c1ccccc1. The molecule has 0 spiro atoms. The molecule has 2 fully saturated rings. The van der Waals surface area contributed by atoms with E-state index < -0.39 is 16.4 Å². The Hall–Kier alpha value is -3.68. The quantitative estimate of drug-likeness (QED) is 0.0977. The van der Waals surface area contributed by atoms with Gasteiger partial charge in [-0.2, -0.15) is 0 Å². The van der Waals surface area contributed by atoms with E-state index in [1.165, 1.54) is 22.5 Å². The number of fused-ring (bicyclic) bond motifs is 1. The first-order valence-corrected chi connectivity index (χ1v) is 24.7. The van der Waals surface area contributed by atoms with Crippen molar-refractivity contribution in [3.05, 3.63) is 97.8 Å². The largest absolute Gasteiger partial charge is 0.403 e. The standard InChI is InChI=1S/C42H56N6O2Si2/c1-42(2,3)52(36-15-9-7-10-16-36,37-17-11-8-12-18-37)50-35-20-23-46(29-35)34-14-13-22-47(28-34)39-19-21-45-41-40(39)38(33-26-43-31-44-27-33)30-48(41)32-49-24-25-51(4,5)6/h7-12,15-19,21,26-27,30-31,34-35H,13-14,20,22-25,28-29,32H2,1-6H3/t34-,35?/m0/s1. The molecular weight excluding hydrogens is 677 g/mol. The van der Waals surface area contributed by atoms with Crippen LogP contribution in [-0.4, -0.2) is 85.7 Å². The number of aromatic nitrogens is 4. The third-order valence-corrected chi connectivity index (χ3v) is 17.8. The van der Waals surface area contributed by atoms with E-state index in [0.29, 0.717) is 12.8 Å². The molecule has 3 aromatic heterocycles. The molecule has 10 heteroatoms. The van der Waals surface area contributed by atoms with E-state index in [1.54, 1.807) is 6.33 Å². The van der Waals surface area contributed by atoms with Gasteiger partial charge in [0.15, 0.2) is 0 Å². The van der Waals surface area contributed by atoms with E-state index in [1.807, 2.05) is 18.6 Å². The molecular formula is C42H56N6O2Si2. The van der Waals surface area contributed by atoms with Crippen molar-refractivity contribution in [1.82, 2.24) is 24.4 Å². The second kappa shape index (κ2) is 15.4. The van der Waals surface area contributed by atoms with Crippen LogP contribution in [0.3, 0.4) is 0 Å². The van der Waals surface area contributed by atoms with Gasteiger partial charge in [0.2, 0.25) is 0 Å². The lowest BCUT2D eigenvalue weighted by Crippen LogP contribution is -2.68. The molecule has 0 amide bonds. The summed E-state index contributed by atoms with van der Waals surface area (Å²) < 4.78 is 16.0. The van der Waals surface area contributed by atoms with E-state index >= 15 is 0 Å². The first-order chi connectivity index (χ1) is 25.0. The monoisotopic (exact) mass is 732 g/mol. The fraction of sp³-hybridized carbons (Fsp3) is 0.452. The number of anilines is 1. The van der Waals surface area contributed by atoms with Crippen LogP contribution in [0, 0.1) is 0 Å². The van der Waals surface area contributed by atoms with E-state index in [4.69, 9.17) is 14.1 Å². The van der Waals surface area contributed by atoms with Crippen LogP contribution in [0.5, 0.6) is 0 Å². The van der Waals surface area contributed by atoms with Gasteiger partial charge in [0.05, 0.1) is 11.5 Å². The fourth-order valence-corrected chi connectivity index (χ4v) is 13.8. The second-order valence-corrected chi connectivity index (χ2v) is 26.8. The second-order valence-electron chi connectivity index (χ2n) is 16.9. The summed E-state index contributed by atoms with van der Waals surface area (Å²) in [4.78, 5) is 19.0. The summed E-state index contributed by atoms with van der Waals surface area (Å²) >= 11 is 0. The lowest BCUT2D eigenvalue weighted by Gasteiger charge is -2.45. The van der Waals surface area contributed by atoms with Gasteiger partial charge < -0.3 is 18.6 Å². The minimum Gasteiger partial charge on any atom is -0.403 e. The number of rotatable bonds is 12. The van der Waals surface area contributed by atoms with Gasteiger partial charge in [0, 0.05) is 88.5 Å². The van der Waals surface area contributed by atoms with E-state index in [-0.39, 0.29) is 11.1 Å². The van der Waals surface area contributed by atoms with Crippen molar-refractivity contribution in [1.29, 1.82) is 0 Å². The minimum absolute atomic E-state index is 0.0330. The summed E-state index contributed by atoms with van der Waals surface area (Å²) in [6.45, 7) is 19.6. The van der Waals surface area contributed by atoms with Gasteiger partial charge >= 0.3 is 0 Å². The van der Waals surface area contributed by atoms with Crippen molar-refractivity contribution in [3.63, 3.8) is 0 Å². The summed E-state index contributed by atoms with van der Waals surface area (Å²) in [6, 6.07) is 25.9. The number of pyridine rings is 1. The molecule has 2 aliphatic rings. The Balaban J connectivity index is 1.13. The van der Waals surface area contributed by atoms with Gasteiger partial charge in [-0.25, -0.2) is 15.0 Å². The molecule has 2 saturated heterocycles. The lowest BCUT2D eigenvalue weighted by atomic mass is 10.0. The number of piperidine rings is 1. The zero-order chi connectivity index (χ0) is 36.3. The maximum Gasteiger partial charge on any atom is 0.261 e. The van der Waals surface area contributed by atoms with Crippen molar-refractivity contribution in [2.75, 3.05) is 37.7 Å². The van der Waals surface area contributed by atoms with Crippen LogP contribution in [-0.2, 0) is 15.9 Å². The highest BCUT2D eigenvalue weighted by Crippen LogP contribution is 2.40. The number of ether oxygens (including phenoxy) is 1. The van der Waals surface area contributed by atoms with E-state index in [0.717, 1.165) is 73.8 Å². The highest BCUT2D eigenvalue weighted by atomic mass is 28.4. The predicted molar refractivity (Wildman–Crippen MR) is 219 cm³/mol. The Morgan fingerprint density at radius 1 is 0.846 bits per heavy atom. The summed E-state index contributed by atoms with van der Waals surface area (Å²) in [7, 11) is -3.80. The summed E-state index contributed by atoms with van der Waals surface area (Å²) in [6.07, 6.45) is 13.1. The van der Waals surface area contributed by atoms with Crippen LogP contribution in [0.15, 0.2) is 97.8 Å². The van der Waals surface area contributed by atoms with Gasteiger partial charge in [-0.3, -0.25) is 4.90 Å². The normalized spacial score (nSPS) is 19.1. The molecule has 5 heterocycles. The van der Waals surface area contributed by atoms with Crippen molar-refractivity contribution < 1.29 is 9.16 Å². The van der Waals surface area contributed by atoms with Crippen LogP contribution in [0.25, 0.3) is 22.2 Å². The third kappa shape index (κ3) is 7.68. The van der Waals surface area contributed by atoms with Crippen LogP contribution in [0.1, 0.15) is 40.0 Å². The zero-order valence-electron chi connectivity index (χ0n) is 32.0. The Bertz CT molecular complexity index is 1870. The van der Waals surface area contributed by atoms with Crippen LogP contribution in [0.4, 0.5) is 5.69 Å². The number of benzene rings is 2. The first kappa shape index (κ1) is 36.7. The van der Waals surface area contributed by atoms with Crippen LogP contribution in [0.2, 0.25) is 30.7 Å². The zero-order valence-corrected chi connectivity index (χ0v) is 34.0. The Morgan fingerprint density at radius 3 is 2.19 bits per heavy atom. The number of hydrogen-bond donors (Lipinski definition) is 0. The topological polar surface area (TPSA) is 68.5 Å². The van der Waals surface area contributed by atoms with Crippen molar-refractivity contribution in [3.8, 4) is 11.1 Å². The van der Waals surface area contributed by atoms with Crippen molar-refractivity contribution >= 4 is 43.5 Å². The highest BCUT2D eigenvalue weighted by molar-refractivity contribution is 6.99. The van der Waals surface area contributed by atoms with Gasteiger partial charge in [-0.15, -0.1) is 0 Å². The van der Waals surface area contributed by atoms with Gasteiger partial charge in [-0.1, -0.05) is 101 Å². The molecule has 8 nitrogen and oxygen atoms in total. The molecule has 0 N–H and O–H groups in total. The summed E-state index contributed by atoms with van der Waals surface area (Å²) in [5.41, 5.74) is 4.29. The molecule has 2 atom stereocenters. The van der Waals surface area contributed by atoms with Gasteiger partial charge in [0.1, 0.15) is 18.7 Å². The number of likely N-dealkylation sites (tertiary alicyclic amines) is 1. The first-order valence-electron chi connectivity index (χ1n) is 19.1. The molecule has 1 unspecified atom stereocenters. The van der Waals surface area contributed by atoms with Crippen LogP contribution >= 0.6 is 0 Å². The summed E-state index contributed by atoms with van der Waals surface area (Å²) in [5, 5.41) is 3.83. The van der Waals surface area contributed by atoms with Gasteiger partial charge in [0.25, 0.3) is 8.32 Å². The predicted octanol–water partition coefficient (Wildman–Crippen LogP) is 7.43. The molecule has 0 saturated carbocycles. The summed E-state index contributed by atoms with van der Waals surface area (Å²) in [5.74, 6) is 0. The van der Waals surface area contributed by atoms with E-state index in [2.05, 4.69) is 138 Å². The van der Waals surface area contributed by atoms with E-state index in [9.17, 15) is 0 Å². The Morgan fingerprint density at radius 2 is 1.54 bits per heavy atom. The maximum absolute atomic E-state index is 7.60. The molecule has 52 heavy (non-hydrogen) atoms. The molecule has 0 aliphatic carbocycles. The maximum atomic E-state index is 7.60. The fourth-order valence-electron chi connectivity index (χ4n) is 8.35. The molecule has 0 bridgehead atoms. The van der Waals surface area contributed by atoms with Gasteiger partial charge in [-0.05, 0) is 46.8 Å². The lowest BCUT2D eigenvalue weighted by molar-refractivity contribution is 0.0899.